The molecule has 0 radical (unpaired) electrons. The van der Waals surface area contributed by atoms with Gasteiger partial charge < -0.3 is 9.47 Å². The molecule has 0 bridgehead atoms. The zero-order chi connectivity index (χ0) is 22.9. The molecule has 0 fully saturated rings. The van der Waals surface area contributed by atoms with Crippen molar-refractivity contribution < 1.29 is 49.4 Å². The van der Waals surface area contributed by atoms with Gasteiger partial charge in [0.2, 0.25) is 34.8 Å². The van der Waals surface area contributed by atoms with Gasteiger partial charge in [-0.25, -0.2) is 18.0 Å². The fourth-order valence-corrected chi connectivity index (χ4v) is 2.43. The average Bonchev–Trinajstić information content (AvgIpc) is 3.21. The number of alkyl halides is 3. The number of ether oxygens (including phenoxy) is 2. The number of halogens is 8. The Hall–Kier alpha value is -3.64. The summed E-state index contributed by atoms with van der Waals surface area (Å²) in [5.41, 5.74) is -0.804. The second kappa shape index (κ2) is 8.24. The lowest BCUT2D eigenvalue weighted by atomic mass is 10.1. The summed E-state index contributed by atoms with van der Waals surface area (Å²) in [6, 6.07) is 3.97. The van der Waals surface area contributed by atoms with Crippen LogP contribution in [0, 0.1) is 29.1 Å². The maximum Gasteiger partial charge on any atom is 0.573 e. The SMILES string of the molecule is O=C(Oc1c(F)c(F)c(F)c(F)c1F)c1ccc(Cn2cccn2)c(OC(F)(F)F)c1. The third kappa shape index (κ3) is 4.75. The van der Waals surface area contributed by atoms with Crippen LogP contribution in [0.4, 0.5) is 35.1 Å². The van der Waals surface area contributed by atoms with Crippen LogP contribution in [0.5, 0.6) is 11.5 Å². The third-order valence-electron chi connectivity index (χ3n) is 3.78. The van der Waals surface area contributed by atoms with Crippen molar-refractivity contribution in [3.8, 4) is 11.5 Å². The van der Waals surface area contributed by atoms with E-state index in [1.165, 1.54) is 23.1 Å². The molecule has 2 aromatic carbocycles. The highest BCUT2D eigenvalue weighted by Crippen LogP contribution is 2.31. The normalized spacial score (nSPS) is 11.5. The topological polar surface area (TPSA) is 53.4 Å². The van der Waals surface area contributed by atoms with Crippen molar-refractivity contribution in [2.75, 3.05) is 0 Å². The number of hydrogen-bond donors (Lipinski definition) is 0. The molecule has 0 aliphatic rings. The molecular formula is C18H8F8N2O3. The number of rotatable bonds is 5. The molecule has 3 aromatic rings. The van der Waals surface area contributed by atoms with Gasteiger partial charge in [-0.3, -0.25) is 4.68 Å². The van der Waals surface area contributed by atoms with Crippen molar-refractivity contribution in [3.05, 3.63) is 76.9 Å². The summed E-state index contributed by atoms with van der Waals surface area (Å²) in [5, 5.41) is 3.81. The molecule has 13 heteroatoms. The van der Waals surface area contributed by atoms with Crippen molar-refractivity contribution in [3.63, 3.8) is 0 Å². The van der Waals surface area contributed by atoms with E-state index in [-0.39, 0.29) is 12.1 Å². The minimum atomic E-state index is -5.16. The molecule has 3 rings (SSSR count). The Labute approximate surface area is 167 Å². The van der Waals surface area contributed by atoms with E-state index in [4.69, 9.17) is 0 Å². The zero-order valence-corrected chi connectivity index (χ0v) is 14.8. The summed E-state index contributed by atoms with van der Waals surface area (Å²) in [7, 11) is 0. The first-order valence-electron chi connectivity index (χ1n) is 8.07. The minimum absolute atomic E-state index is 0.0891. The van der Waals surface area contributed by atoms with Crippen LogP contribution in [0.3, 0.4) is 0 Å². The quantitative estimate of drug-likeness (QED) is 0.185. The van der Waals surface area contributed by atoms with Crippen LogP contribution in [0.1, 0.15) is 15.9 Å². The van der Waals surface area contributed by atoms with Crippen molar-refractivity contribution in [2.24, 2.45) is 0 Å². The number of hydrogen-bond acceptors (Lipinski definition) is 4. The van der Waals surface area contributed by atoms with Crippen molar-refractivity contribution in [1.29, 1.82) is 0 Å². The number of benzene rings is 2. The molecule has 0 saturated heterocycles. The van der Waals surface area contributed by atoms with Crippen LogP contribution in [-0.2, 0) is 6.54 Å². The van der Waals surface area contributed by atoms with E-state index in [9.17, 15) is 39.9 Å². The second-order valence-corrected chi connectivity index (χ2v) is 5.86. The van der Waals surface area contributed by atoms with Gasteiger partial charge in [0.1, 0.15) is 5.75 Å². The van der Waals surface area contributed by atoms with Crippen molar-refractivity contribution >= 4 is 5.97 Å². The summed E-state index contributed by atoms with van der Waals surface area (Å²) in [4.78, 5) is 12.1. The van der Waals surface area contributed by atoms with Crippen LogP contribution in [-0.4, -0.2) is 22.1 Å². The van der Waals surface area contributed by atoms with Gasteiger partial charge in [-0.1, -0.05) is 6.07 Å². The maximum atomic E-state index is 13.7. The first-order chi connectivity index (χ1) is 14.5. The maximum absolute atomic E-state index is 13.7. The van der Waals surface area contributed by atoms with Gasteiger partial charge in [-0.15, -0.1) is 13.2 Å². The fraction of sp³-hybridized carbons (Fsp3) is 0.111. The molecule has 5 nitrogen and oxygen atoms in total. The molecule has 1 aromatic heterocycles. The lowest BCUT2D eigenvalue weighted by Crippen LogP contribution is -2.20. The Morgan fingerprint density at radius 2 is 1.58 bits per heavy atom. The highest BCUT2D eigenvalue weighted by atomic mass is 19.4. The third-order valence-corrected chi connectivity index (χ3v) is 3.78. The van der Waals surface area contributed by atoms with Crippen LogP contribution >= 0.6 is 0 Å². The molecule has 0 amide bonds. The Balaban J connectivity index is 1.96. The highest BCUT2D eigenvalue weighted by Gasteiger charge is 2.33. The molecule has 0 saturated carbocycles. The summed E-state index contributed by atoms with van der Waals surface area (Å²) in [6.07, 6.45) is -2.37. The van der Waals surface area contributed by atoms with Gasteiger partial charge in [-0.05, 0) is 18.2 Å². The molecular weight excluding hydrogens is 444 g/mol. The Morgan fingerprint density at radius 1 is 0.968 bits per heavy atom. The molecule has 1 heterocycles. The number of esters is 1. The van der Waals surface area contributed by atoms with Gasteiger partial charge in [0.15, 0.2) is 0 Å². The zero-order valence-electron chi connectivity index (χ0n) is 14.8. The van der Waals surface area contributed by atoms with Crippen molar-refractivity contribution in [2.45, 2.75) is 12.9 Å². The Bertz CT molecular complexity index is 1100. The summed E-state index contributed by atoms with van der Waals surface area (Å²) in [5.74, 6) is -16.5. The highest BCUT2D eigenvalue weighted by molar-refractivity contribution is 5.91. The van der Waals surface area contributed by atoms with Crippen LogP contribution in [0.15, 0.2) is 36.7 Å². The van der Waals surface area contributed by atoms with E-state index < -0.39 is 58.5 Å². The lowest BCUT2D eigenvalue weighted by molar-refractivity contribution is -0.274. The predicted molar refractivity (Wildman–Crippen MR) is 85.6 cm³/mol. The van der Waals surface area contributed by atoms with Crippen LogP contribution < -0.4 is 9.47 Å². The monoisotopic (exact) mass is 452 g/mol. The first kappa shape index (κ1) is 22.1. The molecule has 0 aliphatic heterocycles. The van der Waals surface area contributed by atoms with E-state index in [1.54, 1.807) is 0 Å². The van der Waals surface area contributed by atoms with Crippen LogP contribution in [0.25, 0.3) is 0 Å². The van der Waals surface area contributed by atoms with Gasteiger partial charge >= 0.3 is 12.3 Å². The van der Waals surface area contributed by atoms with E-state index >= 15 is 0 Å². The van der Waals surface area contributed by atoms with Gasteiger partial charge in [0.25, 0.3) is 0 Å². The standard InChI is InChI=1S/C18H8F8N2O3/c19-11-12(20)14(22)16(15(23)13(11)21)30-17(29)8-2-3-9(7-28-5-1-4-27-28)10(6-8)31-18(24,25)26/h1-6H,7H2. The first-order valence-corrected chi connectivity index (χ1v) is 8.07. The number of carbonyl (C=O) groups is 1. The van der Waals surface area contributed by atoms with Gasteiger partial charge in [0.05, 0.1) is 12.1 Å². The van der Waals surface area contributed by atoms with Crippen molar-refractivity contribution in [1.82, 2.24) is 9.78 Å². The number of aromatic nitrogens is 2. The summed E-state index contributed by atoms with van der Waals surface area (Å²) >= 11 is 0. The molecule has 0 unspecified atom stereocenters. The lowest BCUT2D eigenvalue weighted by Gasteiger charge is -2.15. The van der Waals surface area contributed by atoms with E-state index in [0.717, 1.165) is 12.1 Å². The summed E-state index contributed by atoms with van der Waals surface area (Å²) < 4.78 is 114. The van der Waals surface area contributed by atoms with E-state index in [2.05, 4.69) is 14.6 Å². The molecule has 0 atom stereocenters. The Kier molecular flexibility index (Phi) is 5.86. The molecule has 0 spiro atoms. The minimum Gasteiger partial charge on any atom is -0.416 e. The smallest absolute Gasteiger partial charge is 0.416 e. The molecule has 0 N–H and O–H groups in total. The summed E-state index contributed by atoms with van der Waals surface area (Å²) in [6.45, 7) is -0.203. The fourth-order valence-electron chi connectivity index (χ4n) is 2.43. The second-order valence-electron chi connectivity index (χ2n) is 5.86. The largest absolute Gasteiger partial charge is 0.573 e. The van der Waals surface area contributed by atoms with Gasteiger partial charge in [-0.2, -0.15) is 13.9 Å². The Morgan fingerprint density at radius 3 is 2.13 bits per heavy atom. The molecule has 31 heavy (non-hydrogen) atoms. The van der Waals surface area contributed by atoms with E-state index in [1.807, 2.05) is 0 Å². The predicted octanol–water partition coefficient (Wildman–Crippen LogP) is 4.74. The number of carbonyl (C=O) groups excluding carboxylic acids is 1. The average molecular weight is 452 g/mol. The molecule has 164 valence electrons. The number of nitrogens with zero attached hydrogens (tertiary/aromatic N) is 2. The van der Waals surface area contributed by atoms with Crippen LogP contribution in [0.2, 0.25) is 0 Å². The van der Waals surface area contributed by atoms with E-state index in [0.29, 0.717) is 6.07 Å². The molecule has 0 aliphatic carbocycles. The van der Waals surface area contributed by atoms with Gasteiger partial charge in [0, 0.05) is 18.0 Å².